The fourth-order valence-electron chi connectivity index (χ4n) is 3.83. The lowest BCUT2D eigenvalue weighted by Crippen LogP contribution is -2.53. The Morgan fingerprint density at radius 2 is 1.73 bits per heavy atom. The van der Waals surface area contributed by atoms with E-state index in [1.165, 1.54) is 4.90 Å². The largest absolute Gasteiger partial charge is 0.350 e. The van der Waals surface area contributed by atoms with E-state index in [1.807, 2.05) is 20.8 Å². The van der Waals surface area contributed by atoms with Crippen molar-refractivity contribution in [1.82, 2.24) is 10.2 Å². The average Bonchev–Trinajstić information content (AvgIpc) is 2.77. The van der Waals surface area contributed by atoms with Gasteiger partial charge in [-0.1, -0.05) is 36.7 Å². The smallest absolute Gasteiger partial charge is 0.243 e. The van der Waals surface area contributed by atoms with Crippen LogP contribution in [0, 0.1) is 11.6 Å². The van der Waals surface area contributed by atoms with Gasteiger partial charge in [0.2, 0.25) is 21.8 Å². The highest BCUT2D eigenvalue weighted by Crippen LogP contribution is 2.23. The number of nitrogens with zero attached hydrogens (tertiary/aromatic N) is 2. The number of halogens is 3. The molecule has 0 aliphatic heterocycles. The molecule has 1 N–H and O–H groups in total. The van der Waals surface area contributed by atoms with Gasteiger partial charge in [0.1, 0.15) is 6.04 Å². The number of carbonyl (C=O) groups is 2. The molecule has 0 aromatic heterocycles. The highest BCUT2D eigenvalue weighted by atomic mass is 35.5. The van der Waals surface area contributed by atoms with Gasteiger partial charge in [-0.15, -0.1) is 0 Å². The van der Waals surface area contributed by atoms with Crippen LogP contribution in [-0.4, -0.2) is 49.5 Å². The molecule has 0 aliphatic carbocycles. The molecule has 1 unspecified atom stereocenters. The van der Waals surface area contributed by atoms with Crippen LogP contribution in [0.1, 0.15) is 52.5 Å². The summed E-state index contributed by atoms with van der Waals surface area (Å²) in [7, 11) is -3.84. The van der Waals surface area contributed by atoms with E-state index >= 15 is 0 Å². The summed E-state index contributed by atoms with van der Waals surface area (Å²) in [6.45, 7) is 7.28. The van der Waals surface area contributed by atoms with Crippen molar-refractivity contribution in [1.29, 1.82) is 0 Å². The SMILES string of the molecule is CCC(C(=O)NC(C)(C)C)N(Cc1ccccc1Cl)C(=O)CCCN(c1ccc(F)c(F)c1)S(C)(=O)=O. The zero-order valence-electron chi connectivity index (χ0n) is 21.7. The molecule has 11 heteroatoms. The maximum Gasteiger partial charge on any atom is 0.243 e. The van der Waals surface area contributed by atoms with Gasteiger partial charge in [0.15, 0.2) is 11.6 Å². The monoisotopic (exact) mass is 557 g/mol. The molecule has 2 aromatic rings. The molecular formula is C26H34ClF2N3O4S. The molecule has 0 aliphatic rings. The Balaban J connectivity index is 2.27. The zero-order chi connectivity index (χ0) is 28.0. The number of hydrogen-bond donors (Lipinski definition) is 1. The van der Waals surface area contributed by atoms with E-state index < -0.39 is 33.2 Å². The van der Waals surface area contributed by atoms with Gasteiger partial charge in [0, 0.05) is 36.1 Å². The van der Waals surface area contributed by atoms with Crippen LogP contribution in [0.15, 0.2) is 42.5 Å². The highest BCUT2D eigenvalue weighted by molar-refractivity contribution is 7.92. The van der Waals surface area contributed by atoms with Gasteiger partial charge < -0.3 is 10.2 Å². The van der Waals surface area contributed by atoms with Crippen molar-refractivity contribution in [2.45, 2.75) is 65.1 Å². The molecule has 204 valence electrons. The van der Waals surface area contributed by atoms with Crippen molar-refractivity contribution in [2.75, 3.05) is 17.1 Å². The summed E-state index contributed by atoms with van der Waals surface area (Å²) in [5, 5.41) is 3.36. The molecule has 2 rings (SSSR count). The summed E-state index contributed by atoms with van der Waals surface area (Å²) >= 11 is 6.33. The van der Waals surface area contributed by atoms with Gasteiger partial charge in [0.25, 0.3) is 0 Å². The number of anilines is 1. The quantitative estimate of drug-likeness (QED) is 0.426. The van der Waals surface area contributed by atoms with Crippen LogP contribution in [0.3, 0.4) is 0 Å². The molecule has 37 heavy (non-hydrogen) atoms. The van der Waals surface area contributed by atoms with Crippen molar-refractivity contribution in [3.63, 3.8) is 0 Å². The summed E-state index contributed by atoms with van der Waals surface area (Å²) in [6, 6.07) is 9.04. The average molecular weight is 558 g/mol. The van der Waals surface area contributed by atoms with Crippen LogP contribution in [0.4, 0.5) is 14.5 Å². The van der Waals surface area contributed by atoms with Crippen molar-refractivity contribution < 1.29 is 26.8 Å². The van der Waals surface area contributed by atoms with E-state index in [0.29, 0.717) is 17.0 Å². The van der Waals surface area contributed by atoms with Gasteiger partial charge >= 0.3 is 0 Å². The third kappa shape index (κ3) is 8.96. The maximum atomic E-state index is 13.7. The lowest BCUT2D eigenvalue weighted by atomic mass is 10.0. The molecule has 0 spiro atoms. The Morgan fingerprint density at radius 1 is 1.08 bits per heavy atom. The molecule has 1 atom stereocenters. The van der Waals surface area contributed by atoms with Crippen LogP contribution < -0.4 is 9.62 Å². The van der Waals surface area contributed by atoms with E-state index in [1.54, 1.807) is 31.2 Å². The Labute approximate surface area is 222 Å². The third-order valence-corrected chi connectivity index (χ3v) is 7.09. The minimum Gasteiger partial charge on any atom is -0.350 e. The van der Waals surface area contributed by atoms with E-state index in [-0.39, 0.29) is 43.4 Å². The predicted octanol–water partition coefficient (Wildman–Crippen LogP) is 4.89. The summed E-state index contributed by atoms with van der Waals surface area (Å²) in [5.74, 6) is -2.95. The second kappa shape index (κ2) is 12.7. The minimum atomic E-state index is -3.84. The number of benzene rings is 2. The predicted molar refractivity (Wildman–Crippen MR) is 142 cm³/mol. The summed E-state index contributed by atoms with van der Waals surface area (Å²) in [4.78, 5) is 27.9. The van der Waals surface area contributed by atoms with Gasteiger partial charge in [-0.05, 0) is 57.4 Å². The molecular weight excluding hydrogens is 524 g/mol. The maximum absolute atomic E-state index is 13.7. The van der Waals surface area contributed by atoms with Crippen molar-refractivity contribution >= 4 is 39.1 Å². The molecule has 0 saturated carbocycles. The Bertz CT molecular complexity index is 1220. The number of hydrogen-bond acceptors (Lipinski definition) is 4. The molecule has 0 bridgehead atoms. The normalized spacial score (nSPS) is 12.6. The summed E-state index contributed by atoms with van der Waals surface area (Å²) < 4.78 is 52.7. The number of nitrogens with one attached hydrogen (secondary N) is 1. The van der Waals surface area contributed by atoms with Gasteiger partial charge in [-0.2, -0.15) is 0 Å². The number of sulfonamides is 1. The first-order valence-electron chi connectivity index (χ1n) is 11.9. The van der Waals surface area contributed by atoms with Crippen LogP contribution >= 0.6 is 11.6 Å². The van der Waals surface area contributed by atoms with Gasteiger partial charge in [-0.25, -0.2) is 17.2 Å². The second-order valence-corrected chi connectivity index (χ2v) is 12.1. The fourth-order valence-corrected chi connectivity index (χ4v) is 4.98. The molecule has 0 heterocycles. The van der Waals surface area contributed by atoms with E-state index in [0.717, 1.165) is 28.8 Å². The molecule has 2 aromatic carbocycles. The zero-order valence-corrected chi connectivity index (χ0v) is 23.3. The first-order valence-corrected chi connectivity index (χ1v) is 14.1. The van der Waals surface area contributed by atoms with Crippen molar-refractivity contribution in [3.8, 4) is 0 Å². The van der Waals surface area contributed by atoms with Crippen molar-refractivity contribution in [2.24, 2.45) is 0 Å². The fraction of sp³-hybridized carbons (Fsp3) is 0.462. The van der Waals surface area contributed by atoms with Crippen LogP contribution in [-0.2, 0) is 26.2 Å². The Hall–Kier alpha value is -2.72. The van der Waals surface area contributed by atoms with Crippen LogP contribution in [0.25, 0.3) is 0 Å². The van der Waals surface area contributed by atoms with E-state index in [9.17, 15) is 26.8 Å². The molecule has 0 radical (unpaired) electrons. The number of rotatable bonds is 11. The topological polar surface area (TPSA) is 86.8 Å². The molecule has 0 saturated heterocycles. The number of amides is 2. The lowest BCUT2D eigenvalue weighted by Gasteiger charge is -2.33. The van der Waals surface area contributed by atoms with E-state index in [4.69, 9.17) is 11.6 Å². The van der Waals surface area contributed by atoms with Gasteiger partial charge in [0.05, 0.1) is 11.9 Å². The lowest BCUT2D eigenvalue weighted by molar-refractivity contribution is -0.142. The Kier molecular flexibility index (Phi) is 10.5. The van der Waals surface area contributed by atoms with E-state index in [2.05, 4.69) is 5.32 Å². The second-order valence-electron chi connectivity index (χ2n) is 9.81. The molecule has 0 fully saturated rings. The Morgan fingerprint density at radius 3 is 2.27 bits per heavy atom. The highest BCUT2D eigenvalue weighted by Gasteiger charge is 2.31. The van der Waals surface area contributed by atoms with Crippen LogP contribution in [0.5, 0.6) is 0 Å². The van der Waals surface area contributed by atoms with Gasteiger partial charge in [-0.3, -0.25) is 13.9 Å². The number of carbonyl (C=O) groups excluding carboxylic acids is 2. The van der Waals surface area contributed by atoms with Crippen LogP contribution in [0.2, 0.25) is 5.02 Å². The first-order chi connectivity index (χ1) is 17.1. The third-order valence-electron chi connectivity index (χ3n) is 5.53. The summed E-state index contributed by atoms with van der Waals surface area (Å²) in [6.07, 6.45) is 1.30. The molecule has 2 amide bonds. The first kappa shape index (κ1) is 30.5. The standard InChI is InChI=1S/C26H34ClF2N3O4S/c1-6-23(25(34)30-26(2,3)4)31(17-18-10-7-8-11-20(18)27)24(33)12-9-15-32(37(5,35)36)19-13-14-21(28)22(29)16-19/h7-8,10-11,13-14,16,23H,6,9,12,15,17H2,1-5H3,(H,30,34). The van der Waals surface area contributed by atoms with Crippen molar-refractivity contribution in [3.05, 3.63) is 64.7 Å². The summed E-state index contributed by atoms with van der Waals surface area (Å²) in [5.41, 5.74) is 0.112. The minimum absolute atomic E-state index is 0.0437. The molecule has 7 nitrogen and oxygen atoms in total.